The number of carbonyl (C=O) groups is 1. The highest BCUT2D eigenvalue weighted by molar-refractivity contribution is 5.85. The number of halogens is 1. The van der Waals surface area contributed by atoms with Crippen molar-refractivity contribution in [3.05, 3.63) is 35.4 Å². The average Bonchev–Trinajstić information content (AvgIpc) is 2.50. The zero-order valence-electron chi connectivity index (χ0n) is 13.7. The molecule has 2 heterocycles. The Morgan fingerprint density at radius 3 is 2.73 bits per heavy atom. The summed E-state index contributed by atoms with van der Waals surface area (Å²) in [5.41, 5.74) is 3.46. The van der Waals surface area contributed by atoms with Crippen LogP contribution in [0.3, 0.4) is 0 Å². The van der Waals surface area contributed by atoms with Gasteiger partial charge in [0, 0.05) is 23.4 Å². The quantitative estimate of drug-likeness (QED) is 0.830. The molecule has 4 bridgehead atoms. The van der Waals surface area contributed by atoms with Gasteiger partial charge in [0.2, 0.25) is 0 Å². The van der Waals surface area contributed by atoms with Crippen LogP contribution in [0, 0.1) is 11.8 Å². The maximum absolute atomic E-state index is 12.1. The molecule has 3 fully saturated rings. The van der Waals surface area contributed by atoms with E-state index in [1.807, 2.05) is 0 Å². The molecule has 2 aliphatic carbocycles. The Bertz CT molecular complexity index is 601. The molecule has 2 aliphatic heterocycles. The number of Topliss-reactive ketones (excluding diaryl/α,β-unsaturated/α-hetero) is 1. The van der Waals surface area contributed by atoms with Gasteiger partial charge in [0.15, 0.2) is 0 Å². The third-order valence-electron chi connectivity index (χ3n) is 6.90. The zero-order valence-corrected chi connectivity index (χ0v) is 14.5. The fourth-order valence-corrected chi connectivity index (χ4v) is 5.85. The Kier molecular flexibility index (Phi) is 3.89. The van der Waals surface area contributed by atoms with Crippen LogP contribution in [0.1, 0.15) is 44.2 Å². The maximum Gasteiger partial charge on any atom is 0.134 e. The van der Waals surface area contributed by atoms with E-state index < -0.39 is 0 Å². The predicted molar refractivity (Wildman–Crippen MR) is 91.6 cm³/mol. The summed E-state index contributed by atoms with van der Waals surface area (Å²) in [7, 11) is 2.25. The van der Waals surface area contributed by atoms with Gasteiger partial charge in [-0.05, 0) is 56.7 Å². The van der Waals surface area contributed by atoms with Crippen LogP contribution in [0.15, 0.2) is 24.3 Å². The van der Waals surface area contributed by atoms with E-state index >= 15 is 0 Å². The van der Waals surface area contributed by atoms with Gasteiger partial charge in [-0.3, -0.25) is 9.69 Å². The summed E-state index contributed by atoms with van der Waals surface area (Å²) in [6, 6.07) is 10.1. The Balaban J connectivity index is 0.00000144. The lowest BCUT2D eigenvalue weighted by molar-refractivity contribution is -0.139. The second-order valence-electron chi connectivity index (χ2n) is 7.43. The molecule has 4 aliphatic rings. The Morgan fingerprint density at radius 2 is 2.05 bits per heavy atom. The number of piperidine rings is 2. The number of benzene rings is 1. The van der Waals surface area contributed by atoms with Crippen molar-refractivity contribution >= 4 is 18.2 Å². The third-order valence-corrected chi connectivity index (χ3v) is 6.90. The van der Waals surface area contributed by atoms with Crippen molar-refractivity contribution in [2.75, 3.05) is 7.05 Å². The molecule has 22 heavy (non-hydrogen) atoms. The molecule has 0 amide bonds. The van der Waals surface area contributed by atoms with Crippen molar-refractivity contribution in [1.29, 1.82) is 0 Å². The highest BCUT2D eigenvalue weighted by Crippen LogP contribution is 2.59. The summed E-state index contributed by atoms with van der Waals surface area (Å²) in [6.07, 6.45) is 4.65. The van der Waals surface area contributed by atoms with E-state index in [9.17, 15) is 4.79 Å². The first kappa shape index (κ1) is 16.0. The van der Waals surface area contributed by atoms with Gasteiger partial charge in [-0.2, -0.15) is 0 Å². The van der Waals surface area contributed by atoms with Crippen molar-refractivity contribution in [2.24, 2.45) is 11.8 Å². The Labute approximate surface area is 139 Å². The van der Waals surface area contributed by atoms with E-state index in [0.29, 0.717) is 29.2 Å². The number of rotatable bonds is 2. The third kappa shape index (κ3) is 1.86. The van der Waals surface area contributed by atoms with Crippen molar-refractivity contribution < 1.29 is 4.79 Å². The minimum Gasteiger partial charge on any atom is -0.300 e. The highest BCUT2D eigenvalue weighted by atomic mass is 35.5. The van der Waals surface area contributed by atoms with E-state index in [0.717, 1.165) is 6.42 Å². The summed E-state index contributed by atoms with van der Waals surface area (Å²) in [5.74, 6) is 1.32. The van der Waals surface area contributed by atoms with Gasteiger partial charge < -0.3 is 0 Å². The molecule has 1 saturated carbocycles. The Hall–Kier alpha value is -0.860. The fourth-order valence-electron chi connectivity index (χ4n) is 5.85. The van der Waals surface area contributed by atoms with Crippen LogP contribution >= 0.6 is 12.4 Å². The van der Waals surface area contributed by atoms with Crippen molar-refractivity contribution in [3.63, 3.8) is 0 Å². The van der Waals surface area contributed by atoms with Gasteiger partial charge in [-0.1, -0.05) is 31.2 Å². The SMILES string of the molecule is CC[C@@]12CC3C(C(C)=O)CC1C(Cc1ccccc12)N3C.Cl. The molecule has 4 unspecified atom stereocenters. The average molecular weight is 320 g/mol. The molecule has 1 aromatic rings. The summed E-state index contributed by atoms with van der Waals surface area (Å²) >= 11 is 0. The van der Waals surface area contributed by atoms with Gasteiger partial charge in [-0.25, -0.2) is 0 Å². The number of carbonyl (C=O) groups excluding carboxylic acids is 1. The molecule has 2 nitrogen and oxygen atoms in total. The Morgan fingerprint density at radius 1 is 1.32 bits per heavy atom. The smallest absolute Gasteiger partial charge is 0.134 e. The minimum absolute atomic E-state index is 0. The molecule has 120 valence electrons. The molecular weight excluding hydrogens is 294 g/mol. The first-order valence-corrected chi connectivity index (χ1v) is 8.39. The molecule has 0 spiro atoms. The highest BCUT2D eigenvalue weighted by Gasteiger charge is 2.60. The molecule has 0 radical (unpaired) electrons. The molecule has 0 N–H and O–H groups in total. The summed E-state index contributed by atoms with van der Waals surface area (Å²) in [4.78, 5) is 14.6. The molecule has 2 saturated heterocycles. The zero-order chi connectivity index (χ0) is 14.8. The van der Waals surface area contributed by atoms with Gasteiger partial charge in [0.25, 0.3) is 0 Å². The fraction of sp³-hybridized carbons (Fsp3) is 0.632. The van der Waals surface area contributed by atoms with Crippen LogP contribution < -0.4 is 0 Å². The van der Waals surface area contributed by atoms with Gasteiger partial charge in [0.05, 0.1) is 0 Å². The first-order valence-electron chi connectivity index (χ1n) is 8.39. The second-order valence-corrected chi connectivity index (χ2v) is 7.43. The number of ketones is 1. The molecule has 1 aromatic carbocycles. The van der Waals surface area contributed by atoms with Gasteiger partial charge >= 0.3 is 0 Å². The van der Waals surface area contributed by atoms with Crippen LogP contribution in [-0.4, -0.2) is 29.8 Å². The van der Waals surface area contributed by atoms with E-state index in [4.69, 9.17) is 0 Å². The van der Waals surface area contributed by atoms with Crippen molar-refractivity contribution in [3.8, 4) is 0 Å². The summed E-state index contributed by atoms with van der Waals surface area (Å²) in [5, 5.41) is 0. The van der Waals surface area contributed by atoms with Crippen LogP contribution in [0.5, 0.6) is 0 Å². The van der Waals surface area contributed by atoms with E-state index in [1.54, 1.807) is 18.1 Å². The van der Waals surface area contributed by atoms with Crippen LogP contribution in [0.2, 0.25) is 0 Å². The first-order chi connectivity index (χ1) is 10.1. The number of likely N-dealkylation sites (N-methyl/N-ethyl adjacent to an activating group) is 1. The topological polar surface area (TPSA) is 20.3 Å². The minimum atomic E-state index is 0. The summed E-state index contributed by atoms with van der Waals surface area (Å²) in [6.45, 7) is 4.14. The lowest BCUT2D eigenvalue weighted by Crippen LogP contribution is -2.69. The molecule has 3 heteroatoms. The lowest BCUT2D eigenvalue weighted by atomic mass is 9.48. The molecule has 5 atom stereocenters. The summed E-state index contributed by atoms with van der Waals surface area (Å²) < 4.78 is 0. The van der Waals surface area contributed by atoms with E-state index in [1.165, 1.54) is 19.3 Å². The normalized spacial score (nSPS) is 39.0. The number of fused-ring (bicyclic) bond motifs is 2. The monoisotopic (exact) mass is 319 g/mol. The predicted octanol–water partition coefficient (Wildman–Crippen LogP) is 3.61. The van der Waals surface area contributed by atoms with Crippen LogP contribution in [0.4, 0.5) is 0 Å². The number of hydrogen-bond acceptors (Lipinski definition) is 2. The largest absolute Gasteiger partial charge is 0.300 e. The standard InChI is InChI=1S/C19H25NO.ClH/c1-4-19-11-18-14(12(2)21)10-16(19)17(20(18)3)9-13-7-5-6-8-15(13)19;/h5-8,14,16-18H,4,9-11H2,1-3H3;1H/t14?,16?,17?,18?,19-;/m0./s1. The second kappa shape index (κ2) is 5.35. The number of hydrogen-bond donors (Lipinski definition) is 0. The molecule has 5 rings (SSSR count). The van der Waals surface area contributed by atoms with Crippen molar-refractivity contribution in [1.82, 2.24) is 4.90 Å². The van der Waals surface area contributed by atoms with E-state index in [2.05, 4.69) is 43.1 Å². The maximum atomic E-state index is 12.1. The van der Waals surface area contributed by atoms with Crippen LogP contribution in [0.25, 0.3) is 0 Å². The molecular formula is C19H26ClNO. The molecule has 0 aromatic heterocycles. The number of nitrogens with zero attached hydrogens (tertiary/aromatic N) is 1. The van der Waals surface area contributed by atoms with Crippen molar-refractivity contribution in [2.45, 2.75) is 57.0 Å². The lowest BCUT2D eigenvalue weighted by Gasteiger charge is -2.65. The van der Waals surface area contributed by atoms with Crippen LogP contribution in [-0.2, 0) is 16.6 Å². The van der Waals surface area contributed by atoms with Gasteiger partial charge in [0.1, 0.15) is 5.78 Å². The van der Waals surface area contributed by atoms with Gasteiger partial charge in [-0.15, -0.1) is 12.4 Å². The van der Waals surface area contributed by atoms with E-state index in [-0.39, 0.29) is 18.3 Å².